The number of primary amides is 1. The summed E-state index contributed by atoms with van der Waals surface area (Å²) in [4.78, 5) is 10.9. The van der Waals surface area contributed by atoms with Gasteiger partial charge in [-0.2, -0.15) is 0 Å². The van der Waals surface area contributed by atoms with Crippen LogP contribution in [0.3, 0.4) is 0 Å². The number of carbonyl (C=O) groups is 1. The quantitative estimate of drug-likeness (QED) is 0.543. The van der Waals surface area contributed by atoms with Crippen molar-refractivity contribution >= 4 is 5.91 Å². The van der Waals surface area contributed by atoms with E-state index in [-0.39, 0.29) is 30.5 Å². The van der Waals surface area contributed by atoms with Crippen molar-refractivity contribution in [3.8, 4) is 0 Å². The minimum Gasteiger partial charge on any atom is -0.396 e. The molecule has 0 aromatic carbocycles. The number of amides is 1. The largest absolute Gasteiger partial charge is 0.396 e. The molecule has 0 fully saturated rings. The Balaban J connectivity index is 4.00. The first-order chi connectivity index (χ1) is 6.02. The van der Waals surface area contributed by atoms with Crippen LogP contribution in [0, 0.1) is 5.92 Å². The Hall–Kier alpha value is -0.610. The molecule has 0 radical (unpaired) electrons. The van der Waals surface area contributed by atoms with Crippen LogP contribution < -0.4 is 11.1 Å². The summed E-state index contributed by atoms with van der Waals surface area (Å²) in [6.45, 7) is 5.87. The first-order valence-corrected chi connectivity index (χ1v) is 4.69. The molecular formula is C9H20N2O2. The topological polar surface area (TPSA) is 75.3 Å². The Morgan fingerprint density at radius 1 is 1.54 bits per heavy atom. The molecule has 13 heavy (non-hydrogen) atoms. The van der Waals surface area contributed by atoms with Gasteiger partial charge in [0.25, 0.3) is 0 Å². The molecule has 0 aliphatic heterocycles. The van der Waals surface area contributed by atoms with E-state index < -0.39 is 0 Å². The highest BCUT2D eigenvalue weighted by atomic mass is 16.3. The van der Waals surface area contributed by atoms with Crippen molar-refractivity contribution < 1.29 is 9.90 Å². The van der Waals surface area contributed by atoms with E-state index in [1.165, 1.54) is 0 Å². The lowest BCUT2D eigenvalue weighted by atomic mass is 10.0. The molecule has 3 unspecified atom stereocenters. The first kappa shape index (κ1) is 12.4. The molecular weight excluding hydrogens is 168 g/mol. The maximum absolute atomic E-state index is 10.9. The van der Waals surface area contributed by atoms with Gasteiger partial charge in [-0.3, -0.25) is 4.79 Å². The summed E-state index contributed by atoms with van der Waals surface area (Å²) in [7, 11) is 0. The van der Waals surface area contributed by atoms with E-state index in [4.69, 9.17) is 10.8 Å². The smallest absolute Gasteiger partial charge is 0.234 e. The molecule has 3 atom stereocenters. The second-order valence-electron chi connectivity index (χ2n) is 3.48. The Morgan fingerprint density at radius 2 is 2.08 bits per heavy atom. The van der Waals surface area contributed by atoms with E-state index in [9.17, 15) is 4.79 Å². The SMILES string of the molecule is CCC(NC(C)C(C)CO)C(N)=O. The van der Waals surface area contributed by atoms with E-state index in [1.807, 2.05) is 20.8 Å². The van der Waals surface area contributed by atoms with Gasteiger partial charge in [-0.15, -0.1) is 0 Å². The van der Waals surface area contributed by atoms with Gasteiger partial charge < -0.3 is 16.2 Å². The van der Waals surface area contributed by atoms with Gasteiger partial charge in [0.05, 0.1) is 6.04 Å². The van der Waals surface area contributed by atoms with Crippen LogP contribution in [0.2, 0.25) is 0 Å². The first-order valence-electron chi connectivity index (χ1n) is 4.69. The van der Waals surface area contributed by atoms with E-state index in [0.29, 0.717) is 6.42 Å². The third-order valence-corrected chi connectivity index (χ3v) is 2.36. The Kier molecular flexibility index (Phi) is 5.66. The van der Waals surface area contributed by atoms with Crippen LogP contribution in [0.15, 0.2) is 0 Å². The molecule has 78 valence electrons. The number of hydrogen-bond donors (Lipinski definition) is 3. The van der Waals surface area contributed by atoms with Crippen molar-refractivity contribution in [2.45, 2.75) is 39.3 Å². The van der Waals surface area contributed by atoms with Crippen molar-refractivity contribution in [3.63, 3.8) is 0 Å². The van der Waals surface area contributed by atoms with Gasteiger partial charge in [-0.05, 0) is 19.3 Å². The maximum atomic E-state index is 10.9. The van der Waals surface area contributed by atoms with Crippen LogP contribution in [-0.4, -0.2) is 29.7 Å². The minimum atomic E-state index is -0.334. The maximum Gasteiger partial charge on any atom is 0.234 e. The predicted octanol–water partition coefficient (Wildman–Crippen LogP) is -0.143. The van der Waals surface area contributed by atoms with E-state index >= 15 is 0 Å². The third-order valence-electron chi connectivity index (χ3n) is 2.36. The van der Waals surface area contributed by atoms with Crippen molar-refractivity contribution in [2.75, 3.05) is 6.61 Å². The zero-order valence-electron chi connectivity index (χ0n) is 8.58. The molecule has 0 aliphatic rings. The highest BCUT2D eigenvalue weighted by Gasteiger charge is 2.18. The molecule has 4 N–H and O–H groups in total. The molecule has 4 heteroatoms. The van der Waals surface area contributed by atoms with Crippen LogP contribution in [0.25, 0.3) is 0 Å². The van der Waals surface area contributed by atoms with Crippen LogP contribution in [0.4, 0.5) is 0 Å². The summed E-state index contributed by atoms with van der Waals surface area (Å²) in [5.74, 6) is -0.201. The molecule has 4 nitrogen and oxygen atoms in total. The second-order valence-corrected chi connectivity index (χ2v) is 3.48. The lowest BCUT2D eigenvalue weighted by molar-refractivity contribution is -0.120. The monoisotopic (exact) mass is 188 g/mol. The van der Waals surface area contributed by atoms with Gasteiger partial charge in [0.2, 0.25) is 5.91 Å². The summed E-state index contributed by atoms with van der Waals surface area (Å²) < 4.78 is 0. The summed E-state index contributed by atoms with van der Waals surface area (Å²) in [5, 5.41) is 12.0. The number of nitrogens with one attached hydrogen (secondary N) is 1. The predicted molar refractivity (Wildman–Crippen MR) is 52.1 cm³/mol. The van der Waals surface area contributed by atoms with Gasteiger partial charge >= 0.3 is 0 Å². The van der Waals surface area contributed by atoms with Crippen LogP contribution >= 0.6 is 0 Å². The summed E-state index contributed by atoms with van der Waals surface area (Å²) in [6.07, 6.45) is 0.678. The van der Waals surface area contributed by atoms with Gasteiger partial charge in [-0.1, -0.05) is 13.8 Å². The Morgan fingerprint density at radius 3 is 2.38 bits per heavy atom. The van der Waals surface area contributed by atoms with E-state index in [1.54, 1.807) is 0 Å². The summed E-state index contributed by atoms with van der Waals surface area (Å²) in [6, 6.07) is -0.188. The van der Waals surface area contributed by atoms with Gasteiger partial charge in [-0.25, -0.2) is 0 Å². The van der Waals surface area contributed by atoms with E-state index in [2.05, 4.69) is 5.32 Å². The van der Waals surface area contributed by atoms with Crippen molar-refractivity contribution in [1.82, 2.24) is 5.32 Å². The second kappa shape index (κ2) is 5.94. The number of nitrogens with two attached hydrogens (primary N) is 1. The lowest BCUT2D eigenvalue weighted by Crippen LogP contribution is -2.47. The average Bonchev–Trinajstić information content (AvgIpc) is 2.11. The lowest BCUT2D eigenvalue weighted by Gasteiger charge is -2.23. The summed E-state index contributed by atoms with van der Waals surface area (Å²) in [5.41, 5.74) is 5.17. The standard InChI is InChI=1S/C9H20N2O2/c1-4-8(9(10)13)11-7(3)6(2)5-12/h6-8,11-12H,4-5H2,1-3H3,(H2,10,13). The molecule has 0 saturated heterocycles. The fraction of sp³-hybridized carbons (Fsp3) is 0.889. The van der Waals surface area contributed by atoms with Crippen LogP contribution in [-0.2, 0) is 4.79 Å². The number of aliphatic hydroxyl groups is 1. The molecule has 0 aromatic rings. The average molecular weight is 188 g/mol. The number of carbonyl (C=O) groups excluding carboxylic acids is 1. The number of hydrogen-bond acceptors (Lipinski definition) is 3. The highest BCUT2D eigenvalue weighted by molar-refractivity contribution is 5.79. The fourth-order valence-corrected chi connectivity index (χ4v) is 1.04. The minimum absolute atomic E-state index is 0.0995. The molecule has 0 aromatic heterocycles. The molecule has 0 saturated carbocycles. The highest BCUT2D eigenvalue weighted by Crippen LogP contribution is 2.03. The summed E-state index contributed by atoms with van der Waals surface area (Å²) >= 11 is 0. The van der Waals surface area contributed by atoms with Crippen LogP contribution in [0.5, 0.6) is 0 Å². The normalized spacial score (nSPS) is 17.8. The molecule has 0 rings (SSSR count). The number of rotatable bonds is 6. The number of aliphatic hydroxyl groups excluding tert-OH is 1. The molecule has 0 heterocycles. The zero-order chi connectivity index (χ0) is 10.4. The van der Waals surface area contributed by atoms with E-state index in [0.717, 1.165) is 0 Å². The van der Waals surface area contributed by atoms with Crippen molar-refractivity contribution in [1.29, 1.82) is 0 Å². The molecule has 0 bridgehead atoms. The fourth-order valence-electron chi connectivity index (χ4n) is 1.04. The molecule has 0 spiro atoms. The Bertz CT molecular complexity index is 162. The van der Waals surface area contributed by atoms with Crippen molar-refractivity contribution in [3.05, 3.63) is 0 Å². The zero-order valence-corrected chi connectivity index (χ0v) is 8.58. The Labute approximate surface area is 79.5 Å². The van der Waals surface area contributed by atoms with Gasteiger partial charge in [0, 0.05) is 12.6 Å². The molecule has 1 amide bonds. The third kappa shape index (κ3) is 4.24. The van der Waals surface area contributed by atoms with Gasteiger partial charge in [0.15, 0.2) is 0 Å². The molecule has 0 aliphatic carbocycles. The van der Waals surface area contributed by atoms with Crippen LogP contribution in [0.1, 0.15) is 27.2 Å². The van der Waals surface area contributed by atoms with Gasteiger partial charge in [0.1, 0.15) is 0 Å². The van der Waals surface area contributed by atoms with Crippen molar-refractivity contribution in [2.24, 2.45) is 11.7 Å².